The summed E-state index contributed by atoms with van der Waals surface area (Å²) in [4.78, 5) is 11.2. The third-order valence-corrected chi connectivity index (χ3v) is 5.55. The van der Waals surface area contributed by atoms with E-state index in [1.165, 1.54) is 16.8 Å². The van der Waals surface area contributed by atoms with Gasteiger partial charge in [0, 0.05) is 73.9 Å². The molecule has 0 aromatic carbocycles. The van der Waals surface area contributed by atoms with Crippen LogP contribution >= 0.6 is 0 Å². The summed E-state index contributed by atoms with van der Waals surface area (Å²) in [5.74, 6) is 0.680. The van der Waals surface area contributed by atoms with E-state index in [9.17, 15) is 0 Å². The van der Waals surface area contributed by atoms with Crippen molar-refractivity contribution in [3.8, 4) is 17.1 Å². The monoisotopic (exact) mass is 400 g/mol. The van der Waals surface area contributed by atoms with Crippen molar-refractivity contribution in [2.45, 2.75) is 26.2 Å². The minimum Gasteiger partial charge on any atom is -0.481 e. The van der Waals surface area contributed by atoms with Crippen molar-refractivity contribution in [2.24, 2.45) is 7.05 Å². The molecule has 5 rings (SSSR count). The highest BCUT2D eigenvalue weighted by molar-refractivity contribution is 5.66. The highest BCUT2D eigenvalue weighted by Crippen LogP contribution is 2.33. The van der Waals surface area contributed by atoms with Crippen LogP contribution < -0.4 is 4.74 Å². The molecule has 0 unspecified atom stereocenters. The molecule has 0 radical (unpaired) electrons. The molecule has 0 spiro atoms. The molecule has 1 aliphatic rings. The second kappa shape index (κ2) is 7.76. The molecule has 7 heteroatoms. The maximum absolute atomic E-state index is 5.47. The number of ether oxygens (including phenoxy) is 1. The molecule has 0 atom stereocenters. The zero-order chi connectivity index (χ0) is 20.5. The summed E-state index contributed by atoms with van der Waals surface area (Å²) < 4.78 is 9.66. The van der Waals surface area contributed by atoms with Crippen molar-refractivity contribution in [1.82, 2.24) is 29.2 Å². The molecule has 4 aromatic rings. The summed E-state index contributed by atoms with van der Waals surface area (Å²) in [7, 11) is 3.76. The Hall–Kier alpha value is -3.45. The van der Waals surface area contributed by atoms with Gasteiger partial charge in [-0.3, -0.25) is 14.6 Å². The first-order valence-corrected chi connectivity index (χ1v) is 10.0. The van der Waals surface area contributed by atoms with Gasteiger partial charge in [-0.25, -0.2) is 4.98 Å². The maximum Gasteiger partial charge on any atom is 0.217 e. The third kappa shape index (κ3) is 3.48. The van der Waals surface area contributed by atoms with Crippen LogP contribution in [0.15, 0.2) is 61.2 Å². The van der Waals surface area contributed by atoms with Gasteiger partial charge < -0.3 is 9.30 Å². The van der Waals surface area contributed by atoms with Crippen molar-refractivity contribution in [3.63, 3.8) is 0 Å². The number of fused-ring (bicyclic) bond motifs is 3. The predicted molar refractivity (Wildman–Crippen MR) is 114 cm³/mol. The number of aryl methyl sites for hydroxylation is 1. The summed E-state index contributed by atoms with van der Waals surface area (Å²) in [5, 5.41) is 4.94. The minimum absolute atomic E-state index is 0.659. The molecule has 0 bridgehead atoms. The topological polar surface area (TPSA) is 61.0 Å². The largest absolute Gasteiger partial charge is 0.481 e. The average molecular weight is 400 g/mol. The maximum atomic E-state index is 5.47. The zero-order valence-corrected chi connectivity index (χ0v) is 17.2. The van der Waals surface area contributed by atoms with Crippen molar-refractivity contribution in [2.75, 3.05) is 7.11 Å². The van der Waals surface area contributed by atoms with Crippen LogP contribution in [0.2, 0.25) is 0 Å². The molecule has 152 valence electrons. The lowest BCUT2D eigenvalue weighted by Crippen LogP contribution is -2.23. The first-order valence-electron chi connectivity index (χ1n) is 10.0. The van der Waals surface area contributed by atoms with Crippen molar-refractivity contribution in [3.05, 3.63) is 83.7 Å². The molecule has 5 heterocycles. The van der Waals surface area contributed by atoms with Crippen LogP contribution in [0.25, 0.3) is 11.3 Å². The van der Waals surface area contributed by atoms with Crippen LogP contribution in [-0.2, 0) is 33.2 Å². The molecular formula is C23H24N6O. The Labute approximate surface area is 175 Å². The zero-order valence-electron chi connectivity index (χ0n) is 17.2. The summed E-state index contributed by atoms with van der Waals surface area (Å²) in [6, 6.07) is 12.2. The fourth-order valence-corrected chi connectivity index (χ4v) is 4.11. The smallest absolute Gasteiger partial charge is 0.217 e. The predicted octanol–water partition coefficient (Wildman–Crippen LogP) is 3.25. The molecule has 30 heavy (non-hydrogen) atoms. The Morgan fingerprint density at radius 1 is 1.00 bits per heavy atom. The number of aromatic nitrogens is 5. The second-order valence-electron chi connectivity index (χ2n) is 7.63. The van der Waals surface area contributed by atoms with Gasteiger partial charge >= 0.3 is 0 Å². The van der Waals surface area contributed by atoms with Crippen LogP contribution in [0.1, 0.15) is 22.5 Å². The van der Waals surface area contributed by atoms with Crippen LogP contribution in [0, 0.1) is 0 Å². The first-order chi connectivity index (χ1) is 14.7. The second-order valence-corrected chi connectivity index (χ2v) is 7.63. The molecule has 0 saturated carbocycles. The van der Waals surface area contributed by atoms with Crippen molar-refractivity contribution in [1.29, 1.82) is 0 Å². The van der Waals surface area contributed by atoms with E-state index >= 15 is 0 Å². The summed E-state index contributed by atoms with van der Waals surface area (Å²) in [5.41, 5.74) is 6.83. The van der Waals surface area contributed by atoms with Crippen molar-refractivity contribution < 1.29 is 4.74 Å². The molecule has 7 nitrogen and oxygen atoms in total. The average Bonchev–Trinajstić information content (AvgIpc) is 3.28. The van der Waals surface area contributed by atoms with Gasteiger partial charge in [0.05, 0.1) is 25.0 Å². The Kier molecular flexibility index (Phi) is 4.80. The number of nitrogens with zero attached hydrogens (tertiary/aromatic N) is 6. The highest BCUT2D eigenvalue weighted by Gasteiger charge is 2.25. The van der Waals surface area contributed by atoms with E-state index in [-0.39, 0.29) is 0 Å². The van der Waals surface area contributed by atoms with Gasteiger partial charge in [0.15, 0.2) is 0 Å². The van der Waals surface area contributed by atoms with Gasteiger partial charge in [-0.05, 0) is 24.3 Å². The quantitative estimate of drug-likeness (QED) is 0.515. The fourth-order valence-electron chi connectivity index (χ4n) is 4.11. The van der Waals surface area contributed by atoms with E-state index in [4.69, 9.17) is 9.84 Å². The number of rotatable bonds is 5. The highest BCUT2D eigenvalue weighted by atomic mass is 16.5. The fraction of sp³-hybridized carbons (Fsp3) is 0.261. The Bertz CT molecular complexity index is 1160. The van der Waals surface area contributed by atoms with Gasteiger partial charge in [-0.2, -0.15) is 5.10 Å². The minimum atomic E-state index is 0.659. The number of pyridine rings is 2. The normalized spacial score (nSPS) is 13.5. The molecule has 0 aliphatic carbocycles. The first kappa shape index (κ1) is 18.6. The molecule has 0 fully saturated rings. The molecule has 4 aromatic heterocycles. The van der Waals surface area contributed by atoms with E-state index in [1.54, 1.807) is 13.3 Å². The van der Waals surface area contributed by atoms with E-state index in [2.05, 4.69) is 51.0 Å². The van der Waals surface area contributed by atoms with Gasteiger partial charge in [0.2, 0.25) is 5.88 Å². The van der Waals surface area contributed by atoms with Gasteiger partial charge in [-0.15, -0.1) is 0 Å². The van der Waals surface area contributed by atoms with E-state index in [1.807, 2.05) is 35.1 Å². The Morgan fingerprint density at radius 2 is 1.90 bits per heavy atom. The standard InChI is InChI=1S/C23H24N6O/c1-27-11-8-20-21(27)16-28(12-17-6-5-10-25-23(17)30-2)13-18-14-29(26-22(18)20)15-19-7-3-4-9-24-19/h3-11,14H,12-13,15-16H2,1-2H3. The molecule has 0 amide bonds. The summed E-state index contributed by atoms with van der Waals surface area (Å²) in [6.07, 6.45) is 7.85. The van der Waals surface area contributed by atoms with E-state index < -0.39 is 0 Å². The third-order valence-electron chi connectivity index (χ3n) is 5.55. The summed E-state index contributed by atoms with van der Waals surface area (Å²) >= 11 is 0. The van der Waals surface area contributed by atoms with E-state index in [0.717, 1.165) is 36.6 Å². The van der Waals surface area contributed by atoms with E-state index in [0.29, 0.717) is 12.4 Å². The Balaban J connectivity index is 1.50. The van der Waals surface area contributed by atoms with Crippen LogP contribution in [0.3, 0.4) is 0 Å². The molecule has 0 N–H and O–H groups in total. The molecule has 0 saturated heterocycles. The SMILES string of the molecule is COc1ncccc1CN1Cc2cn(Cc3ccccn3)nc2-c2ccn(C)c2C1. The summed E-state index contributed by atoms with van der Waals surface area (Å²) in [6.45, 7) is 3.07. The van der Waals surface area contributed by atoms with Gasteiger partial charge in [0.25, 0.3) is 0 Å². The Morgan fingerprint density at radius 3 is 2.73 bits per heavy atom. The lowest BCUT2D eigenvalue weighted by molar-refractivity contribution is 0.240. The lowest BCUT2D eigenvalue weighted by Gasteiger charge is -2.21. The van der Waals surface area contributed by atoms with Crippen LogP contribution in [0.4, 0.5) is 0 Å². The molecular weight excluding hydrogens is 376 g/mol. The van der Waals surface area contributed by atoms with Gasteiger partial charge in [-0.1, -0.05) is 12.1 Å². The lowest BCUT2D eigenvalue weighted by atomic mass is 10.1. The van der Waals surface area contributed by atoms with Crippen LogP contribution in [-0.4, -0.2) is 36.3 Å². The molecule has 1 aliphatic heterocycles. The van der Waals surface area contributed by atoms with Crippen LogP contribution in [0.5, 0.6) is 5.88 Å². The number of hydrogen-bond donors (Lipinski definition) is 0. The van der Waals surface area contributed by atoms with Gasteiger partial charge in [0.1, 0.15) is 0 Å². The number of hydrogen-bond acceptors (Lipinski definition) is 5. The van der Waals surface area contributed by atoms with Crippen molar-refractivity contribution >= 4 is 0 Å². The number of methoxy groups -OCH3 is 1.